The molecule has 0 heterocycles. The van der Waals surface area contributed by atoms with E-state index in [1.807, 2.05) is 30.3 Å². The Morgan fingerprint density at radius 1 is 0.800 bits per heavy atom. The zero-order valence-corrected chi connectivity index (χ0v) is 20.0. The van der Waals surface area contributed by atoms with Gasteiger partial charge in [0.1, 0.15) is 5.78 Å². The lowest BCUT2D eigenvalue weighted by atomic mass is 9.85. The number of Topliss-reactive ketones (excluding diaryl/α,β-unsaturated/α-hetero) is 1. The van der Waals surface area contributed by atoms with Crippen molar-refractivity contribution in [2.45, 2.75) is 38.2 Å². The molecule has 3 aromatic rings. The van der Waals surface area contributed by atoms with Crippen molar-refractivity contribution in [2.24, 2.45) is 5.92 Å². The summed E-state index contributed by atoms with van der Waals surface area (Å²) in [6.45, 7) is 0. The van der Waals surface area contributed by atoms with Gasteiger partial charge >= 0.3 is 0 Å². The van der Waals surface area contributed by atoms with Gasteiger partial charge in [-0.05, 0) is 66.6 Å². The Hall–Kier alpha value is -3.71. The number of methoxy groups -OCH3 is 2. The molecule has 0 saturated carbocycles. The van der Waals surface area contributed by atoms with Crippen LogP contribution in [0.1, 0.15) is 29.5 Å². The van der Waals surface area contributed by atoms with Crippen molar-refractivity contribution in [3.05, 3.63) is 77.4 Å². The van der Waals surface area contributed by atoms with Gasteiger partial charge in [0.15, 0.2) is 23.0 Å². The minimum absolute atomic E-state index is 0.0471. The summed E-state index contributed by atoms with van der Waals surface area (Å²) in [6.07, 6.45) is 0.907. The molecule has 2 atom stereocenters. The van der Waals surface area contributed by atoms with Crippen LogP contribution in [0.25, 0.3) is 0 Å². The fourth-order valence-electron chi connectivity index (χ4n) is 4.13. The molecule has 0 aliphatic heterocycles. The minimum atomic E-state index is -0.870. The lowest BCUT2D eigenvalue weighted by molar-refractivity contribution is -0.126. The van der Waals surface area contributed by atoms with Crippen LogP contribution in [0.2, 0.25) is 0 Å². The molecule has 0 aliphatic carbocycles. The number of aryl methyl sites for hydroxylation is 2. The van der Waals surface area contributed by atoms with Crippen LogP contribution in [-0.4, -0.2) is 46.5 Å². The molecule has 186 valence electrons. The van der Waals surface area contributed by atoms with Crippen LogP contribution in [-0.2, 0) is 24.1 Å². The number of carbonyl (C=O) groups excluding carboxylic acids is 1. The first-order valence-corrected chi connectivity index (χ1v) is 11.5. The third kappa shape index (κ3) is 6.90. The number of aliphatic hydroxyl groups is 1. The molecule has 7 nitrogen and oxygen atoms in total. The maximum Gasteiger partial charge on any atom is 0.200 e. The molecular weight excluding hydrogens is 448 g/mol. The van der Waals surface area contributed by atoms with Crippen molar-refractivity contribution in [2.75, 3.05) is 14.2 Å². The van der Waals surface area contributed by atoms with Crippen molar-refractivity contribution in [3.63, 3.8) is 0 Å². The Morgan fingerprint density at radius 3 is 2.17 bits per heavy atom. The van der Waals surface area contributed by atoms with Crippen LogP contribution >= 0.6 is 0 Å². The summed E-state index contributed by atoms with van der Waals surface area (Å²) in [4.78, 5) is 13.3. The SMILES string of the molecule is COc1cc(CC[C@@H](O)[C@@H](Cc2ccccc2)C(=O)CCc2cc(O)c(O)c(OC)c2)ccc1O. The van der Waals surface area contributed by atoms with Crippen LogP contribution < -0.4 is 9.47 Å². The summed E-state index contributed by atoms with van der Waals surface area (Å²) in [6, 6.07) is 17.6. The van der Waals surface area contributed by atoms with Crippen LogP contribution in [0.15, 0.2) is 60.7 Å². The number of carbonyl (C=O) groups is 1. The average molecular weight is 481 g/mol. The van der Waals surface area contributed by atoms with E-state index in [2.05, 4.69) is 0 Å². The Bertz CT molecular complexity index is 1130. The molecule has 0 unspecified atom stereocenters. The van der Waals surface area contributed by atoms with Gasteiger partial charge in [-0.15, -0.1) is 0 Å². The van der Waals surface area contributed by atoms with E-state index < -0.39 is 12.0 Å². The quantitative estimate of drug-likeness (QED) is 0.288. The van der Waals surface area contributed by atoms with Crippen molar-refractivity contribution in [3.8, 4) is 28.7 Å². The van der Waals surface area contributed by atoms with E-state index in [1.54, 1.807) is 24.3 Å². The number of hydrogen-bond acceptors (Lipinski definition) is 7. The lowest BCUT2D eigenvalue weighted by Crippen LogP contribution is -2.31. The topological polar surface area (TPSA) is 116 Å². The Labute approximate surface area is 205 Å². The van der Waals surface area contributed by atoms with Gasteiger partial charge in [-0.1, -0.05) is 36.4 Å². The standard InChI is InChI=1S/C28H32O7/c1-34-26-16-19(9-13-24(26)31)8-11-22(29)21(14-18-6-4-3-5-7-18)23(30)12-10-20-15-25(32)28(33)27(17-20)35-2/h3-7,9,13,15-17,21-22,29,31-33H,8,10-12,14H2,1-2H3/t21-,22-/m1/s1. The molecule has 3 aromatic carbocycles. The first-order chi connectivity index (χ1) is 16.8. The van der Waals surface area contributed by atoms with Crippen molar-refractivity contribution < 1.29 is 34.7 Å². The molecule has 4 N–H and O–H groups in total. The monoisotopic (exact) mass is 480 g/mol. The van der Waals surface area contributed by atoms with E-state index in [0.717, 1.165) is 11.1 Å². The second-order valence-corrected chi connectivity index (χ2v) is 8.54. The molecule has 35 heavy (non-hydrogen) atoms. The maximum absolute atomic E-state index is 13.3. The van der Waals surface area contributed by atoms with Crippen molar-refractivity contribution >= 4 is 5.78 Å². The number of ether oxygens (including phenoxy) is 2. The molecule has 3 rings (SSSR count). The molecule has 0 amide bonds. The summed E-state index contributed by atoms with van der Waals surface area (Å²) >= 11 is 0. The predicted octanol–water partition coefficient (Wildman–Crippen LogP) is 4.17. The summed E-state index contributed by atoms with van der Waals surface area (Å²) in [5, 5.41) is 40.6. The van der Waals surface area contributed by atoms with Gasteiger partial charge in [0.25, 0.3) is 0 Å². The predicted molar refractivity (Wildman–Crippen MR) is 132 cm³/mol. The first-order valence-electron chi connectivity index (χ1n) is 11.5. The van der Waals surface area contributed by atoms with Gasteiger partial charge in [0.2, 0.25) is 5.75 Å². The van der Waals surface area contributed by atoms with E-state index in [0.29, 0.717) is 37.0 Å². The zero-order chi connectivity index (χ0) is 25.4. The Kier molecular flexibility index (Phi) is 8.98. The highest BCUT2D eigenvalue weighted by molar-refractivity contribution is 5.82. The second kappa shape index (κ2) is 12.1. The van der Waals surface area contributed by atoms with Gasteiger partial charge in [0.05, 0.1) is 20.3 Å². The summed E-state index contributed by atoms with van der Waals surface area (Å²) < 4.78 is 10.2. The number of phenols is 3. The van der Waals surface area contributed by atoms with Crippen LogP contribution in [0.3, 0.4) is 0 Å². The molecule has 0 aliphatic rings. The van der Waals surface area contributed by atoms with E-state index in [-0.39, 0.29) is 35.2 Å². The molecule has 0 fully saturated rings. The number of aliphatic hydroxyl groups excluding tert-OH is 1. The second-order valence-electron chi connectivity index (χ2n) is 8.54. The summed E-state index contributed by atoms with van der Waals surface area (Å²) in [5.41, 5.74) is 2.49. The highest BCUT2D eigenvalue weighted by atomic mass is 16.5. The average Bonchev–Trinajstić information content (AvgIpc) is 2.87. The molecular formula is C28H32O7. The molecule has 0 saturated heterocycles. The van der Waals surface area contributed by atoms with Gasteiger partial charge in [0, 0.05) is 12.3 Å². The number of benzene rings is 3. The van der Waals surface area contributed by atoms with Gasteiger partial charge in [-0.3, -0.25) is 4.79 Å². The fourth-order valence-corrected chi connectivity index (χ4v) is 4.13. The third-order valence-corrected chi connectivity index (χ3v) is 6.14. The number of rotatable bonds is 12. The maximum atomic E-state index is 13.3. The molecule has 0 aromatic heterocycles. The van der Waals surface area contributed by atoms with Crippen molar-refractivity contribution in [1.29, 1.82) is 0 Å². The summed E-state index contributed by atoms with van der Waals surface area (Å²) in [5.74, 6) is -0.798. The number of phenolic OH excluding ortho intramolecular Hbond substituents is 3. The zero-order valence-electron chi connectivity index (χ0n) is 20.0. The first kappa shape index (κ1) is 25.9. The fraction of sp³-hybridized carbons (Fsp3) is 0.321. The summed E-state index contributed by atoms with van der Waals surface area (Å²) in [7, 11) is 2.87. The highest BCUT2D eigenvalue weighted by Gasteiger charge is 2.27. The van der Waals surface area contributed by atoms with E-state index in [1.165, 1.54) is 20.3 Å². The number of ketones is 1. The molecule has 7 heteroatoms. The third-order valence-electron chi connectivity index (χ3n) is 6.14. The van der Waals surface area contributed by atoms with E-state index >= 15 is 0 Å². The Balaban J connectivity index is 1.72. The molecule has 0 spiro atoms. The van der Waals surface area contributed by atoms with E-state index in [9.17, 15) is 25.2 Å². The van der Waals surface area contributed by atoms with E-state index in [4.69, 9.17) is 9.47 Å². The minimum Gasteiger partial charge on any atom is -0.504 e. The highest BCUT2D eigenvalue weighted by Crippen LogP contribution is 2.36. The van der Waals surface area contributed by atoms with Crippen molar-refractivity contribution in [1.82, 2.24) is 0 Å². The number of aromatic hydroxyl groups is 3. The molecule has 0 radical (unpaired) electrons. The van der Waals surface area contributed by atoms with Gasteiger partial charge in [-0.2, -0.15) is 0 Å². The Morgan fingerprint density at radius 2 is 1.49 bits per heavy atom. The largest absolute Gasteiger partial charge is 0.504 e. The smallest absolute Gasteiger partial charge is 0.200 e. The van der Waals surface area contributed by atoms with Gasteiger partial charge in [-0.25, -0.2) is 0 Å². The lowest BCUT2D eigenvalue weighted by Gasteiger charge is -2.22. The normalized spacial score (nSPS) is 12.7. The molecule has 0 bridgehead atoms. The van der Waals surface area contributed by atoms with Crippen LogP contribution in [0.5, 0.6) is 28.7 Å². The number of hydrogen-bond donors (Lipinski definition) is 4. The van der Waals surface area contributed by atoms with Crippen LogP contribution in [0, 0.1) is 5.92 Å². The van der Waals surface area contributed by atoms with Crippen LogP contribution in [0.4, 0.5) is 0 Å². The van der Waals surface area contributed by atoms with Gasteiger partial charge < -0.3 is 29.9 Å².